The van der Waals surface area contributed by atoms with Crippen LogP contribution in [-0.2, 0) is 16.0 Å². The monoisotopic (exact) mass is 573 g/mol. The number of thiazole rings is 1. The molecule has 1 aromatic heterocycles. The van der Waals surface area contributed by atoms with Crippen molar-refractivity contribution in [2.75, 3.05) is 13.7 Å². The van der Waals surface area contributed by atoms with Gasteiger partial charge >= 0.3 is 0 Å². The summed E-state index contributed by atoms with van der Waals surface area (Å²) in [5.74, 6) is 0.483. The lowest BCUT2D eigenvalue weighted by Crippen LogP contribution is -2.22. The van der Waals surface area contributed by atoms with Crippen molar-refractivity contribution in [3.63, 3.8) is 0 Å². The van der Waals surface area contributed by atoms with Crippen LogP contribution >= 0.6 is 34.5 Å². The van der Waals surface area contributed by atoms with Crippen LogP contribution in [0.15, 0.2) is 41.3 Å². The van der Waals surface area contributed by atoms with Crippen LogP contribution in [0.4, 0.5) is 0 Å². The molecule has 202 valence electrons. The maximum atomic E-state index is 13.1. The van der Waals surface area contributed by atoms with E-state index in [0.29, 0.717) is 44.1 Å². The third kappa shape index (κ3) is 6.92. The molecule has 0 bridgehead atoms. The lowest BCUT2D eigenvalue weighted by molar-refractivity contribution is -0.113. The predicted molar refractivity (Wildman–Crippen MR) is 157 cm³/mol. The molecule has 38 heavy (non-hydrogen) atoms. The highest BCUT2D eigenvalue weighted by Crippen LogP contribution is 2.44. The first-order valence-corrected chi connectivity index (χ1v) is 14.0. The summed E-state index contributed by atoms with van der Waals surface area (Å²) in [7, 11) is 1.65. The second-order valence-electron chi connectivity index (χ2n) is 10.1. The molecule has 0 aliphatic carbocycles. The zero-order valence-corrected chi connectivity index (χ0v) is 25.1. The van der Waals surface area contributed by atoms with Crippen molar-refractivity contribution in [2.24, 2.45) is 5.41 Å². The molecule has 1 unspecified atom stereocenters. The Morgan fingerprint density at radius 3 is 2.34 bits per heavy atom. The summed E-state index contributed by atoms with van der Waals surface area (Å²) in [6.07, 6.45) is 1.57. The molecular formula is C30H33Cl2NO4S. The lowest BCUT2D eigenvalue weighted by atomic mass is 9.83. The normalized spacial score (nSPS) is 12.9. The smallest absolute Gasteiger partial charge is 0.169 e. The highest BCUT2D eigenvalue weighted by atomic mass is 35.5. The Kier molecular flexibility index (Phi) is 9.93. The van der Waals surface area contributed by atoms with Gasteiger partial charge in [-0.2, -0.15) is 0 Å². The van der Waals surface area contributed by atoms with Gasteiger partial charge in [-0.05, 0) is 56.0 Å². The average molecular weight is 575 g/mol. The number of allylic oxidation sites excluding steroid dienone is 1. The summed E-state index contributed by atoms with van der Waals surface area (Å²) in [5, 5.41) is 3.21. The number of benzene rings is 2. The van der Waals surface area contributed by atoms with E-state index in [-0.39, 0.29) is 29.5 Å². The first-order chi connectivity index (χ1) is 17.9. The number of nitrogens with zero attached hydrogens (tertiary/aromatic N) is 1. The molecule has 0 spiro atoms. The van der Waals surface area contributed by atoms with Crippen LogP contribution in [0.25, 0.3) is 17.3 Å². The van der Waals surface area contributed by atoms with Crippen molar-refractivity contribution >= 4 is 52.2 Å². The first-order valence-electron chi connectivity index (χ1n) is 12.3. The number of carbonyl (C=O) groups excluding carboxylic acids is 2. The number of hydrogen-bond acceptors (Lipinski definition) is 6. The van der Waals surface area contributed by atoms with Crippen LogP contribution in [0.1, 0.15) is 74.1 Å². The van der Waals surface area contributed by atoms with Crippen molar-refractivity contribution in [3.05, 3.63) is 73.0 Å². The molecule has 0 amide bonds. The van der Waals surface area contributed by atoms with Crippen molar-refractivity contribution < 1.29 is 19.1 Å². The molecule has 0 aliphatic rings. The topological polar surface area (TPSA) is 65.5 Å². The Hall–Kier alpha value is -2.51. The van der Waals surface area contributed by atoms with E-state index in [1.54, 1.807) is 32.2 Å². The number of rotatable bonds is 10. The van der Waals surface area contributed by atoms with Gasteiger partial charge in [0.15, 0.2) is 11.6 Å². The van der Waals surface area contributed by atoms with Crippen LogP contribution in [0, 0.1) is 5.41 Å². The summed E-state index contributed by atoms with van der Waals surface area (Å²) in [4.78, 5) is 29.4. The maximum absolute atomic E-state index is 13.1. The van der Waals surface area contributed by atoms with Gasteiger partial charge in [-0.1, -0.05) is 56.1 Å². The SMILES string of the molecule is CCOC(c1cccc(-c2csc(CC(=O)c3cc(Cl)c(C=C(C)C(C)=O)c(Cl)c3)n2)c1OC)C(C)(C)C. The van der Waals surface area contributed by atoms with E-state index in [4.69, 9.17) is 37.7 Å². The minimum atomic E-state index is -0.159. The Labute approximate surface area is 238 Å². The van der Waals surface area contributed by atoms with Gasteiger partial charge in [-0.3, -0.25) is 9.59 Å². The molecule has 0 radical (unpaired) electrons. The number of halogens is 2. The van der Waals surface area contributed by atoms with Gasteiger partial charge in [0.25, 0.3) is 0 Å². The number of Topliss-reactive ketones (excluding diaryl/α,β-unsaturated/α-hetero) is 2. The molecule has 2 aromatic carbocycles. The molecule has 0 saturated heterocycles. The quantitative estimate of drug-likeness (QED) is 0.179. The van der Waals surface area contributed by atoms with Gasteiger partial charge in [-0.25, -0.2) is 4.98 Å². The van der Waals surface area contributed by atoms with Gasteiger partial charge in [0.05, 0.1) is 35.4 Å². The largest absolute Gasteiger partial charge is 0.496 e. The van der Waals surface area contributed by atoms with E-state index in [2.05, 4.69) is 20.8 Å². The Morgan fingerprint density at radius 1 is 1.13 bits per heavy atom. The van der Waals surface area contributed by atoms with E-state index >= 15 is 0 Å². The van der Waals surface area contributed by atoms with E-state index in [1.807, 2.05) is 30.5 Å². The molecule has 0 fully saturated rings. The number of aromatic nitrogens is 1. The highest BCUT2D eigenvalue weighted by molar-refractivity contribution is 7.10. The predicted octanol–water partition coefficient (Wildman–Crippen LogP) is 8.67. The van der Waals surface area contributed by atoms with Crippen molar-refractivity contribution in [2.45, 2.75) is 54.1 Å². The number of ketones is 2. The van der Waals surface area contributed by atoms with Crippen LogP contribution in [0.2, 0.25) is 10.0 Å². The summed E-state index contributed by atoms with van der Waals surface area (Å²) < 4.78 is 12.0. The summed E-state index contributed by atoms with van der Waals surface area (Å²) >= 11 is 14.2. The zero-order valence-electron chi connectivity index (χ0n) is 22.8. The number of hydrogen-bond donors (Lipinski definition) is 0. The fraction of sp³-hybridized carbons (Fsp3) is 0.367. The fourth-order valence-electron chi connectivity index (χ4n) is 4.12. The van der Waals surface area contributed by atoms with E-state index in [1.165, 1.54) is 18.3 Å². The highest BCUT2D eigenvalue weighted by Gasteiger charge is 2.30. The van der Waals surface area contributed by atoms with E-state index in [0.717, 1.165) is 16.8 Å². The minimum Gasteiger partial charge on any atom is -0.496 e. The fourth-order valence-corrected chi connectivity index (χ4v) is 5.51. The molecule has 3 rings (SSSR count). The standard InChI is InChI=1S/C30H33Cl2NO4S/c1-8-37-29(30(4,5)6)21-11-9-10-20(28(21)36-7)25-16-38-27(33-25)15-26(35)19-13-23(31)22(24(32)14-19)12-17(2)18(3)34/h9-14,16,29H,8,15H2,1-7H3. The van der Waals surface area contributed by atoms with Crippen LogP contribution in [-0.4, -0.2) is 30.3 Å². The second kappa shape index (κ2) is 12.6. The molecule has 0 N–H and O–H groups in total. The zero-order chi connectivity index (χ0) is 28.2. The van der Waals surface area contributed by atoms with Gasteiger partial charge in [-0.15, -0.1) is 11.3 Å². The number of methoxy groups -OCH3 is 1. The van der Waals surface area contributed by atoms with Crippen LogP contribution in [0.3, 0.4) is 0 Å². The van der Waals surface area contributed by atoms with Crippen LogP contribution in [0.5, 0.6) is 5.75 Å². The molecule has 5 nitrogen and oxygen atoms in total. The Balaban J connectivity index is 1.90. The summed E-state index contributed by atoms with van der Waals surface area (Å²) in [5.41, 5.74) is 3.83. The van der Waals surface area contributed by atoms with Crippen molar-refractivity contribution in [3.8, 4) is 17.0 Å². The molecular weight excluding hydrogens is 541 g/mol. The third-order valence-electron chi connectivity index (χ3n) is 6.11. The molecule has 0 saturated carbocycles. The molecule has 3 aromatic rings. The maximum Gasteiger partial charge on any atom is 0.169 e. The minimum absolute atomic E-state index is 0.0779. The van der Waals surface area contributed by atoms with Gasteiger partial charge in [0.2, 0.25) is 0 Å². The Morgan fingerprint density at radius 2 is 1.79 bits per heavy atom. The van der Waals surface area contributed by atoms with E-state index < -0.39 is 0 Å². The molecule has 1 heterocycles. The van der Waals surface area contributed by atoms with Gasteiger partial charge in [0, 0.05) is 34.2 Å². The number of ether oxygens (including phenoxy) is 2. The van der Waals surface area contributed by atoms with Gasteiger partial charge < -0.3 is 9.47 Å². The Bertz CT molecular complexity index is 1350. The van der Waals surface area contributed by atoms with Crippen molar-refractivity contribution in [1.82, 2.24) is 4.98 Å². The third-order valence-corrected chi connectivity index (χ3v) is 7.58. The second-order valence-corrected chi connectivity index (χ2v) is 11.9. The lowest BCUT2D eigenvalue weighted by Gasteiger charge is -2.32. The molecule has 0 aliphatic heterocycles. The number of para-hydroxylation sites is 1. The summed E-state index contributed by atoms with van der Waals surface area (Å²) in [6, 6.07) is 9.12. The number of carbonyl (C=O) groups is 2. The van der Waals surface area contributed by atoms with Crippen molar-refractivity contribution in [1.29, 1.82) is 0 Å². The van der Waals surface area contributed by atoms with E-state index in [9.17, 15) is 9.59 Å². The first kappa shape index (κ1) is 30.0. The van der Waals surface area contributed by atoms with Gasteiger partial charge in [0.1, 0.15) is 10.8 Å². The molecule has 1 atom stereocenters. The summed E-state index contributed by atoms with van der Waals surface area (Å²) in [6.45, 7) is 12.1. The average Bonchev–Trinajstić information content (AvgIpc) is 3.31. The molecule has 8 heteroatoms. The van der Waals surface area contributed by atoms with Crippen LogP contribution < -0.4 is 4.74 Å².